The minimum absolute atomic E-state index is 0.0154. The van der Waals surface area contributed by atoms with Gasteiger partial charge in [0.2, 0.25) is 5.91 Å². The van der Waals surface area contributed by atoms with Gasteiger partial charge in [-0.25, -0.2) is 0 Å². The van der Waals surface area contributed by atoms with Gasteiger partial charge in [-0.2, -0.15) is 0 Å². The Bertz CT molecular complexity index is 354. The van der Waals surface area contributed by atoms with Crippen LogP contribution >= 0.6 is 0 Å². The Morgan fingerprint density at radius 2 is 1.95 bits per heavy atom. The molecular weight excluding hydrogens is 238 g/mol. The molecule has 0 unspecified atom stereocenters. The molecule has 0 aromatic heterocycles. The summed E-state index contributed by atoms with van der Waals surface area (Å²) in [6.45, 7) is 1.20. The number of hydrogen-bond donors (Lipinski definition) is 3. The fourth-order valence-corrected chi connectivity index (χ4v) is 1.91. The maximum Gasteiger partial charge on any atom is 0.220 e. The van der Waals surface area contributed by atoms with Gasteiger partial charge in [0.15, 0.2) is 0 Å². The summed E-state index contributed by atoms with van der Waals surface area (Å²) in [5.74, 6) is 0.0825. The Kier molecular flexibility index (Phi) is 7.86. The van der Waals surface area contributed by atoms with Crippen LogP contribution in [0.25, 0.3) is 0 Å². The Morgan fingerprint density at radius 1 is 1.21 bits per heavy atom. The van der Waals surface area contributed by atoms with Gasteiger partial charge < -0.3 is 16.8 Å². The van der Waals surface area contributed by atoms with Gasteiger partial charge in [0, 0.05) is 19.0 Å². The fourth-order valence-electron chi connectivity index (χ4n) is 1.91. The van der Waals surface area contributed by atoms with E-state index in [1.54, 1.807) is 0 Å². The lowest BCUT2D eigenvalue weighted by atomic mass is 10.1. The number of benzene rings is 1. The van der Waals surface area contributed by atoms with Crippen LogP contribution < -0.4 is 16.8 Å². The monoisotopic (exact) mass is 263 g/mol. The first kappa shape index (κ1) is 15.7. The minimum Gasteiger partial charge on any atom is -0.355 e. The maximum atomic E-state index is 11.6. The van der Waals surface area contributed by atoms with Crippen molar-refractivity contribution in [3.05, 3.63) is 35.9 Å². The zero-order valence-electron chi connectivity index (χ0n) is 11.5. The van der Waals surface area contributed by atoms with Crippen LogP contribution in [0.3, 0.4) is 0 Å². The van der Waals surface area contributed by atoms with E-state index in [0.717, 1.165) is 25.7 Å². The van der Waals surface area contributed by atoms with E-state index in [2.05, 4.69) is 17.4 Å². The Labute approximate surface area is 115 Å². The highest BCUT2D eigenvalue weighted by atomic mass is 16.1. The molecule has 0 saturated heterocycles. The van der Waals surface area contributed by atoms with Gasteiger partial charge in [0.1, 0.15) is 0 Å². The SMILES string of the molecule is NCCC[C@H](N)CNC(=O)CCCc1ccccc1. The molecule has 0 bridgehead atoms. The number of aryl methyl sites for hydroxylation is 1. The van der Waals surface area contributed by atoms with Crippen LogP contribution in [0.15, 0.2) is 30.3 Å². The molecule has 106 valence electrons. The fraction of sp³-hybridized carbons (Fsp3) is 0.533. The molecule has 0 radical (unpaired) electrons. The molecule has 0 heterocycles. The molecule has 0 aliphatic carbocycles. The summed E-state index contributed by atoms with van der Waals surface area (Å²) in [5, 5.41) is 2.87. The molecule has 1 rings (SSSR count). The summed E-state index contributed by atoms with van der Waals surface area (Å²) in [7, 11) is 0. The molecule has 0 spiro atoms. The molecule has 1 atom stereocenters. The van der Waals surface area contributed by atoms with Crippen LogP contribution in [-0.4, -0.2) is 25.0 Å². The standard InChI is InChI=1S/C15H25N3O/c16-11-5-9-14(17)12-18-15(19)10-4-8-13-6-2-1-3-7-13/h1-3,6-7,14H,4-5,8-12,16-17H2,(H,18,19)/t14-/m0/s1. The second-order valence-electron chi connectivity index (χ2n) is 4.83. The van der Waals surface area contributed by atoms with Crippen LogP contribution in [0, 0.1) is 0 Å². The zero-order valence-corrected chi connectivity index (χ0v) is 11.5. The first-order chi connectivity index (χ1) is 9.22. The summed E-state index contributed by atoms with van der Waals surface area (Å²) < 4.78 is 0. The molecule has 0 saturated carbocycles. The van der Waals surface area contributed by atoms with Crippen molar-refractivity contribution in [2.75, 3.05) is 13.1 Å². The molecule has 19 heavy (non-hydrogen) atoms. The number of carbonyl (C=O) groups is 1. The van der Waals surface area contributed by atoms with Gasteiger partial charge in [-0.1, -0.05) is 30.3 Å². The van der Waals surface area contributed by atoms with E-state index in [1.165, 1.54) is 5.56 Å². The lowest BCUT2D eigenvalue weighted by molar-refractivity contribution is -0.121. The normalized spacial score (nSPS) is 12.1. The van der Waals surface area contributed by atoms with Crippen molar-refractivity contribution in [2.45, 2.75) is 38.1 Å². The van der Waals surface area contributed by atoms with Crippen molar-refractivity contribution < 1.29 is 4.79 Å². The molecular formula is C15H25N3O. The molecule has 0 aliphatic rings. The zero-order chi connectivity index (χ0) is 13.9. The third-order valence-corrected chi connectivity index (χ3v) is 3.05. The molecule has 4 nitrogen and oxygen atoms in total. The lowest BCUT2D eigenvalue weighted by Crippen LogP contribution is -2.37. The Hall–Kier alpha value is -1.39. The Morgan fingerprint density at radius 3 is 2.63 bits per heavy atom. The van der Waals surface area contributed by atoms with Crippen LogP contribution in [0.5, 0.6) is 0 Å². The van der Waals surface area contributed by atoms with Crippen molar-refractivity contribution in [2.24, 2.45) is 11.5 Å². The van der Waals surface area contributed by atoms with Gasteiger partial charge in [0.25, 0.3) is 0 Å². The second-order valence-corrected chi connectivity index (χ2v) is 4.83. The predicted octanol–water partition coefficient (Wildman–Crippen LogP) is 1.19. The number of amides is 1. The van der Waals surface area contributed by atoms with Gasteiger partial charge in [-0.05, 0) is 37.8 Å². The van der Waals surface area contributed by atoms with Crippen LogP contribution in [0.2, 0.25) is 0 Å². The first-order valence-electron chi connectivity index (χ1n) is 6.98. The van der Waals surface area contributed by atoms with Crippen LogP contribution in [0.1, 0.15) is 31.2 Å². The van der Waals surface area contributed by atoms with E-state index in [0.29, 0.717) is 19.5 Å². The molecule has 1 aromatic carbocycles. The van der Waals surface area contributed by atoms with Gasteiger partial charge in [-0.3, -0.25) is 4.79 Å². The highest BCUT2D eigenvalue weighted by Gasteiger charge is 2.05. The number of hydrogen-bond acceptors (Lipinski definition) is 3. The summed E-state index contributed by atoms with van der Waals surface area (Å²) in [6.07, 6.45) is 4.13. The molecule has 1 aromatic rings. The lowest BCUT2D eigenvalue weighted by Gasteiger charge is -2.12. The molecule has 0 fully saturated rings. The third-order valence-electron chi connectivity index (χ3n) is 3.05. The molecule has 4 heteroatoms. The number of nitrogens with one attached hydrogen (secondary N) is 1. The third kappa shape index (κ3) is 7.59. The molecule has 5 N–H and O–H groups in total. The summed E-state index contributed by atoms with van der Waals surface area (Å²) in [4.78, 5) is 11.6. The van der Waals surface area contributed by atoms with Crippen molar-refractivity contribution in [1.82, 2.24) is 5.32 Å². The van der Waals surface area contributed by atoms with E-state index < -0.39 is 0 Å². The smallest absolute Gasteiger partial charge is 0.220 e. The van der Waals surface area contributed by atoms with E-state index >= 15 is 0 Å². The first-order valence-corrected chi connectivity index (χ1v) is 6.98. The molecule has 1 amide bonds. The quantitative estimate of drug-likeness (QED) is 0.626. The minimum atomic E-state index is 0.0154. The van der Waals surface area contributed by atoms with E-state index in [1.807, 2.05) is 18.2 Å². The average Bonchev–Trinajstić information content (AvgIpc) is 2.44. The maximum absolute atomic E-state index is 11.6. The number of carbonyl (C=O) groups excluding carboxylic acids is 1. The van der Waals surface area contributed by atoms with Crippen molar-refractivity contribution in [1.29, 1.82) is 0 Å². The van der Waals surface area contributed by atoms with Crippen LogP contribution in [-0.2, 0) is 11.2 Å². The second kappa shape index (κ2) is 9.53. The van der Waals surface area contributed by atoms with E-state index in [9.17, 15) is 4.79 Å². The number of nitrogens with two attached hydrogens (primary N) is 2. The van der Waals surface area contributed by atoms with Gasteiger partial charge in [-0.15, -0.1) is 0 Å². The van der Waals surface area contributed by atoms with Crippen LogP contribution in [0.4, 0.5) is 0 Å². The van der Waals surface area contributed by atoms with Gasteiger partial charge >= 0.3 is 0 Å². The topological polar surface area (TPSA) is 81.1 Å². The largest absolute Gasteiger partial charge is 0.355 e. The number of rotatable bonds is 9. The average molecular weight is 263 g/mol. The van der Waals surface area contributed by atoms with Crippen molar-refractivity contribution in [3.63, 3.8) is 0 Å². The van der Waals surface area contributed by atoms with E-state index in [4.69, 9.17) is 11.5 Å². The molecule has 0 aliphatic heterocycles. The van der Waals surface area contributed by atoms with Crippen molar-refractivity contribution >= 4 is 5.91 Å². The summed E-state index contributed by atoms with van der Waals surface area (Å²) >= 11 is 0. The van der Waals surface area contributed by atoms with E-state index in [-0.39, 0.29) is 11.9 Å². The summed E-state index contributed by atoms with van der Waals surface area (Å²) in [6, 6.07) is 10.2. The summed E-state index contributed by atoms with van der Waals surface area (Å²) in [5.41, 5.74) is 12.5. The highest BCUT2D eigenvalue weighted by molar-refractivity contribution is 5.75. The highest BCUT2D eigenvalue weighted by Crippen LogP contribution is 2.04. The van der Waals surface area contributed by atoms with Gasteiger partial charge in [0.05, 0.1) is 0 Å². The van der Waals surface area contributed by atoms with Crippen molar-refractivity contribution in [3.8, 4) is 0 Å². The predicted molar refractivity (Wildman–Crippen MR) is 78.7 cm³/mol. The Balaban J connectivity index is 2.08.